The largest absolute Gasteiger partial charge is 0.459 e. The Kier molecular flexibility index (Phi) is 5.48. The van der Waals surface area contributed by atoms with Crippen LogP contribution in [0.2, 0.25) is 0 Å². The van der Waals surface area contributed by atoms with E-state index >= 15 is 0 Å². The molecule has 0 aliphatic rings. The fourth-order valence-corrected chi connectivity index (χ4v) is 2.98. The van der Waals surface area contributed by atoms with Gasteiger partial charge in [0, 0.05) is 17.2 Å². The molecule has 0 aliphatic carbocycles. The van der Waals surface area contributed by atoms with Crippen LogP contribution in [0.1, 0.15) is 45.1 Å². The summed E-state index contributed by atoms with van der Waals surface area (Å²) in [6.07, 6.45) is -0.264. The summed E-state index contributed by atoms with van der Waals surface area (Å²) >= 11 is 0.997. The number of esters is 1. The van der Waals surface area contributed by atoms with E-state index in [-0.39, 0.29) is 28.0 Å². The number of aromatic nitrogens is 1. The minimum Gasteiger partial charge on any atom is -0.459 e. The van der Waals surface area contributed by atoms with Crippen molar-refractivity contribution in [3.05, 3.63) is 50.0 Å². The van der Waals surface area contributed by atoms with Gasteiger partial charge < -0.3 is 4.74 Å². The molecule has 0 atom stereocenters. The highest BCUT2D eigenvalue weighted by molar-refractivity contribution is 7.17. The molecule has 0 bridgehead atoms. The number of nitro benzene ring substituents is 1. The van der Waals surface area contributed by atoms with Crippen LogP contribution >= 0.6 is 11.3 Å². The molecule has 1 aromatic carbocycles. The fourth-order valence-electron chi connectivity index (χ4n) is 2.14. The van der Waals surface area contributed by atoms with E-state index in [2.05, 4.69) is 10.3 Å². The maximum Gasteiger partial charge on any atom is 0.350 e. The number of ether oxygens (including phenoxy) is 1. The molecule has 132 valence electrons. The first-order valence-electron chi connectivity index (χ1n) is 7.44. The number of hydrogen-bond acceptors (Lipinski definition) is 7. The number of benzene rings is 1. The standard InChI is InChI=1S/C16H17N3O5S/c1-8(2)24-15(21)13-10(4)17-16(25-13)18-14(20)11-6-5-7-12(9(11)3)19(22)23/h5-8H,1-4H3,(H,17,18,20). The molecule has 0 fully saturated rings. The third kappa shape index (κ3) is 4.18. The molecule has 25 heavy (non-hydrogen) atoms. The van der Waals surface area contributed by atoms with Gasteiger partial charge in [0.15, 0.2) is 5.13 Å². The summed E-state index contributed by atoms with van der Waals surface area (Å²) in [5.74, 6) is -1.03. The Labute approximate surface area is 148 Å². The average molecular weight is 363 g/mol. The van der Waals surface area contributed by atoms with E-state index in [1.807, 2.05) is 0 Å². The number of nitro groups is 1. The Morgan fingerprint density at radius 2 is 2.00 bits per heavy atom. The molecule has 8 nitrogen and oxygen atoms in total. The number of thiazole rings is 1. The van der Waals surface area contributed by atoms with Crippen molar-refractivity contribution in [2.45, 2.75) is 33.8 Å². The minimum absolute atomic E-state index is 0.135. The van der Waals surface area contributed by atoms with Gasteiger partial charge in [-0.25, -0.2) is 9.78 Å². The van der Waals surface area contributed by atoms with Crippen molar-refractivity contribution in [3.8, 4) is 0 Å². The van der Waals surface area contributed by atoms with Crippen LogP contribution in [0.4, 0.5) is 10.8 Å². The van der Waals surface area contributed by atoms with Gasteiger partial charge in [-0.15, -0.1) is 0 Å². The molecule has 2 rings (SSSR count). The molecular formula is C16H17N3O5S. The summed E-state index contributed by atoms with van der Waals surface area (Å²) in [6.45, 7) is 6.62. The Hall–Kier alpha value is -2.81. The molecule has 1 N–H and O–H groups in total. The number of amides is 1. The van der Waals surface area contributed by atoms with Crippen LogP contribution < -0.4 is 5.32 Å². The Morgan fingerprint density at radius 1 is 1.32 bits per heavy atom. The molecule has 9 heteroatoms. The second-order valence-electron chi connectivity index (χ2n) is 5.55. The number of rotatable bonds is 5. The lowest BCUT2D eigenvalue weighted by atomic mass is 10.1. The van der Waals surface area contributed by atoms with Crippen molar-refractivity contribution < 1.29 is 19.2 Å². The van der Waals surface area contributed by atoms with Gasteiger partial charge >= 0.3 is 5.97 Å². The topological polar surface area (TPSA) is 111 Å². The number of anilines is 1. The van der Waals surface area contributed by atoms with Gasteiger partial charge in [0.25, 0.3) is 11.6 Å². The summed E-state index contributed by atoms with van der Waals surface area (Å²) in [6, 6.07) is 4.27. The quantitative estimate of drug-likeness (QED) is 0.494. The zero-order valence-corrected chi connectivity index (χ0v) is 15.0. The third-order valence-electron chi connectivity index (χ3n) is 3.29. The Morgan fingerprint density at radius 3 is 2.60 bits per heavy atom. The van der Waals surface area contributed by atoms with Gasteiger partial charge in [0.05, 0.1) is 16.7 Å². The van der Waals surface area contributed by atoms with Crippen LogP contribution in [0.3, 0.4) is 0 Å². The van der Waals surface area contributed by atoms with Crippen molar-refractivity contribution in [2.24, 2.45) is 0 Å². The van der Waals surface area contributed by atoms with Gasteiger partial charge in [-0.1, -0.05) is 17.4 Å². The number of hydrogen-bond donors (Lipinski definition) is 1. The molecule has 0 aliphatic heterocycles. The van der Waals surface area contributed by atoms with Gasteiger partial charge in [0.2, 0.25) is 0 Å². The van der Waals surface area contributed by atoms with E-state index in [1.54, 1.807) is 20.8 Å². The summed E-state index contributed by atoms with van der Waals surface area (Å²) < 4.78 is 5.13. The summed E-state index contributed by atoms with van der Waals surface area (Å²) in [5, 5.41) is 13.8. The summed E-state index contributed by atoms with van der Waals surface area (Å²) in [5.41, 5.74) is 0.747. The first-order chi connectivity index (χ1) is 11.7. The lowest BCUT2D eigenvalue weighted by Crippen LogP contribution is -2.14. The smallest absolute Gasteiger partial charge is 0.350 e. The maximum atomic E-state index is 12.4. The molecule has 0 unspecified atom stereocenters. The van der Waals surface area contributed by atoms with Crippen LogP contribution in [0.25, 0.3) is 0 Å². The van der Waals surface area contributed by atoms with Gasteiger partial charge in [-0.2, -0.15) is 0 Å². The second kappa shape index (κ2) is 7.39. The predicted molar refractivity (Wildman–Crippen MR) is 93.2 cm³/mol. The lowest BCUT2D eigenvalue weighted by molar-refractivity contribution is -0.385. The van der Waals surface area contributed by atoms with Crippen molar-refractivity contribution in [1.82, 2.24) is 4.98 Å². The van der Waals surface area contributed by atoms with E-state index in [9.17, 15) is 19.7 Å². The average Bonchev–Trinajstić information content (AvgIpc) is 2.86. The second-order valence-corrected chi connectivity index (χ2v) is 6.55. The Bertz CT molecular complexity index is 844. The van der Waals surface area contributed by atoms with E-state index in [0.29, 0.717) is 10.6 Å². The monoisotopic (exact) mass is 363 g/mol. The molecule has 1 amide bonds. The highest BCUT2D eigenvalue weighted by Gasteiger charge is 2.21. The number of aryl methyl sites for hydroxylation is 1. The Balaban J connectivity index is 2.24. The highest BCUT2D eigenvalue weighted by Crippen LogP contribution is 2.26. The van der Waals surface area contributed by atoms with Gasteiger partial charge in [0.1, 0.15) is 4.88 Å². The molecule has 0 spiro atoms. The SMILES string of the molecule is Cc1nc(NC(=O)c2cccc([N+](=O)[O-])c2C)sc1C(=O)OC(C)C. The molecule has 0 saturated carbocycles. The molecular weight excluding hydrogens is 346 g/mol. The number of nitrogens with zero attached hydrogens (tertiary/aromatic N) is 2. The lowest BCUT2D eigenvalue weighted by Gasteiger charge is -2.06. The zero-order valence-electron chi connectivity index (χ0n) is 14.2. The highest BCUT2D eigenvalue weighted by atomic mass is 32.1. The number of carbonyl (C=O) groups excluding carboxylic acids is 2. The maximum absolute atomic E-state index is 12.4. The van der Waals surface area contributed by atoms with Crippen LogP contribution in [0.15, 0.2) is 18.2 Å². The van der Waals surface area contributed by atoms with Crippen molar-refractivity contribution in [2.75, 3.05) is 5.32 Å². The first kappa shape index (κ1) is 18.5. The third-order valence-corrected chi connectivity index (χ3v) is 4.34. The van der Waals surface area contributed by atoms with Crippen LogP contribution in [0, 0.1) is 24.0 Å². The first-order valence-corrected chi connectivity index (χ1v) is 8.26. The van der Waals surface area contributed by atoms with Crippen molar-refractivity contribution >= 4 is 34.0 Å². The van der Waals surface area contributed by atoms with Crippen molar-refractivity contribution in [3.63, 3.8) is 0 Å². The summed E-state index contributed by atoms with van der Waals surface area (Å²) in [7, 11) is 0. The number of carbonyl (C=O) groups is 2. The van der Waals surface area contributed by atoms with Crippen molar-refractivity contribution in [1.29, 1.82) is 0 Å². The summed E-state index contributed by atoms with van der Waals surface area (Å²) in [4.78, 5) is 39.3. The fraction of sp³-hybridized carbons (Fsp3) is 0.312. The van der Waals surface area contributed by atoms with Crippen LogP contribution in [-0.2, 0) is 4.74 Å². The molecule has 0 saturated heterocycles. The molecule has 2 aromatic rings. The van der Waals surface area contributed by atoms with Crippen LogP contribution in [0.5, 0.6) is 0 Å². The van der Waals surface area contributed by atoms with E-state index in [0.717, 1.165) is 11.3 Å². The van der Waals surface area contributed by atoms with Gasteiger partial charge in [-0.05, 0) is 33.8 Å². The molecule has 1 aromatic heterocycles. The van der Waals surface area contributed by atoms with E-state index < -0.39 is 16.8 Å². The normalized spacial score (nSPS) is 10.6. The van der Waals surface area contributed by atoms with Crippen LogP contribution in [-0.4, -0.2) is 27.9 Å². The van der Waals surface area contributed by atoms with E-state index in [4.69, 9.17) is 4.74 Å². The minimum atomic E-state index is -0.542. The number of nitrogens with one attached hydrogen (secondary N) is 1. The molecule has 1 heterocycles. The van der Waals surface area contributed by atoms with Gasteiger partial charge in [-0.3, -0.25) is 20.2 Å². The molecule has 0 radical (unpaired) electrons. The van der Waals surface area contributed by atoms with E-state index in [1.165, 1.54) is 25.1 Å². The zero-order chi connectivity index (χ0) is 18.7. The predicted octanol–water partition coefficient (Wildman–Crippen LogP) is 3.49.